The van der Waals surface area contributed by atoms with Gasteiger partial charge in [-0.1, -0.05) is 87.7 Å². The summed E-state index contributed by atoms with van der Waals surface area (Å²) in [6.07, 6.45) is 7.17. The van der Waals surface area contributed by atoms with Crippen molar-refractivity contribution in [3.63, 3.8) is 0 Å². The lowest BCUT2D eigenvalue weighted by Crippen LogP contribution is -2.38. The summed E-state index contributed by atoms with van der Waals surface area (Å²) in [4.78, 5) is 47.5. The van der Waals surface area contributed by atoms with E-state index in [2.05, 4.69) is 17.1 Å². The summed E-state index contributed by atoms with van der Waals surface area (Å²) in [5, 5.41) is 20.8. The van der Waals surface area contributed by atoms with E-state index in [0.29, 0.717) is 28.4 Å². The molecular formula is C33H40F3N3O7. The van der Waals surface area contributed by atoms with Gasteiger partial charge in [0.25, 0.3) is 5.89 Å². The monoisotopic (exact) mass is 647 g/mol. The van der Waals surface area contributed by atoms with E-state index in [1.165, 1.54) is 57.1 Å². The fraction of sp³-hybridized carbons (Fsp3) is 0.455. The van der Waals surface area contributed by atoms with Gasteiger partial charge in [-0.3, -0.25) is 9.59 Å². The molecule has 0 fully saturated rings. The zero-order valence-electron chi connectivity index (χ0n) is 26.0. The van der Waals surface area contributed by atoms with E-state index < -0.39 is 35.6 Å². The normalized spacial score (nSPS) is 11.7. The number of carboxylic acid groups (broad SMARTS) is 2. The summed E-state index contributed by atoms with van der Waals surface area (Å²) < 4.78 is 44.2. The Morgan fingerprint density at radius 1 is 0.891 bits per heavy atom. The molecule has 0 saturated heterocycles. The highest BCUT2D eigenvalue weighted by atomic mass is 19.4. The Balaban J connectivity index is 0.00000136. The number of carboxylic acids is 2. The Morgan fingerprint density at radius 3 is 1.93 bits per heavy atom. The number of aliphatic carboxylic acids is 2. The Hall–Kier alpha value is -4.55. The number of aromatic nitrogens is 2. The average Bonchev–Trinajstić information content (AvgIpc) is 3.51. The third-order valence-electron chi connectivity index (χ3n) is 7.26. The molecule has 2 aromatic carbocycles. The van der Waals surface area contributed by atoms with Crippen LogP contribution >= 0.6 is 0 Å². The molecule has 13 heteroatoms. The first-order valence-corrected chi connectivity index (χ1v) is 15.2. The number of unbranched alkanes of at least 4 members (excludes halogenated alkanes) is 8. The van der Waals surface area contributed by atoms with Gasteiger partial charge in [-0.15, -0.1) is 0 Å². The molecule has 0 radical (unpaired) electrons. The van der Waals surface area contributed by atoms with E-state index in [4.69, 9.17) is 19.2 Å². The van der Waals surface area contributed by atoms with Gasteiger partial charge in [-0.05, 0) is 48.7 Å². The van der Waals surface area contributed by atoms with Crippen molar-refractivity contribution in [1.29, 1.82) is 0 Å². The highest BCUT2D eigenvalue weighted by Crippen LogP contribution is 2.31. The van der Waals surface area contributed by atoms with Crippen LogP contribution in [-0.2, 0) is 38.3 Å². The number of alkyl halides is 3. The number of carbonyl (C=O) groups is 4. The van der Waals surface area contributed by atoms with Crippen molar-refractivity contribution in [2.45, 2.75) is 96.8 Å². The Kier molecular flexibility index (Phi) is 15.6. The van der Waals surface area contributed by atoms with Crippen molar-refractivity contribution in [2.24, 2.45) is 0 Å². The first kappa shape index (κ1) is 37.6. The minimum absolute atomic E-state index is 0.0543. The summed E-state index contributed by atoms with van der Waals surface area (Å²) in [6, 6.07) is 10.5. The second-order valence-electron chi connectivity index (χ2n) is 10.8. The van der Waals surface area contributed by atoms with Gasteiger partial charge >= 0.3 is 24.0 Å². The van der Waals surface area contributed by atoms with E-state index in [-0.39, 0.29) is 12.8 Å². The summed E-state index contributed by atoms with van der Waals surface area (Å²) in [6.45, 7) is 3.74. The van der Waals surface area contributed by atoms with Crippen LogP contribution in [0.2, 0.25) is 0 Å². The SMILES string of the molecule is CCCCCCCCCCCc1noc(-c2ccc(CN(C(=O)C(=O)O)[C@H](C)c3ccc(C(F)(F)F)cc3)cc2)n1.O=CC(=O)O. The summed E-state index contributed by atoms with van der Waals surface area (Å²) >= 11 is 0. The van der Waals surface area contributed by atoms with Crippen molar-refractivity contribution >= 4 is 24.1 Å². The first-order chi connectivity index (χ1) is 21.9. The van der Waals surface area contributed by atoms with Gasteiger partial charge in [0.2, 0.25) is 6.29 Å². The van der Waals surface area contributed by atoms with Gasteiger partial charge in [0.05, 0.1) is 11.6 Å². The van der Waals surface area contributed by atoms with Crippen LogP contribution in [0.25, 0.3) is 11.5 Å². The molecule has 0 aliphatic rings. The standard InChI is InChI=1S/C31H38F3N3O4.C2H2O3/c1-3-4-5-6-7-8-9-10-11-12-27-35-28(41-36-27)25-15-13-23(14-16-25)21-37(29(38)30(39)40)22(2)24-17-19-26(20-18-24)31(32,33)34;3-1-2(4)5/h13-20,22H,3-12,21H2,1-2H3,(H,39,40);1H,(H,4,5)/t22-;/m1./s1. The Labute approximate surface area is 265 Å². The molecule has 0 bridgehead atoms. The molecule has 3 aromatic rings. The van der Waals surface area contributed by atoms with Crippen LogP contribution in [0.4, 0.5) is 13.2 Å². The second-order valence-corrected chi connectivity index (χ2v) is 10.8. The number of aldehydes is 1. The molecule has 2 N–H and O–H groups in total. The van der Waals surface area contributed by atoms with Gasteiger partial charge < -0.3 is 19.6 Å². The number of amides is 1. The van der Waals surface area contributed by atoms with Crippen LogP contribution in [0.1, 0.15) is 100 Å². The summed E-state index contributed by atoms with van der Waals surface area (Å²) in [5.74, 6) is -3.20. The van der Waals surface area contributed by atoms with Crippen molar-refractivity contribution in [1.82, 2.24) is 15.0 Å². The minimum Gasteiger partial charge on any atom is -0.476 e. The molecule has 1 amide bonds. The van der Waals surface area contributed by atoms with E-state index in [1.807, 2.05) is 0 Å². The van der Waals surface area contributed by atoms with E-state index in [1.54, 1.807) is 31.2 Å². The van der Waals surface area contributed by atoms with Gasteiger partial charge in [0.1, 0.15) is 0 Å². The van der Waals surface area contributed by atoms with Crippen LogP contribution in [0, 0.1) is 0 Å². The maximum absolute atomic E-state index is 12.9. The van der Waals surface area contributed by atoms with Crippen LogP contribution in [0.3, 0.4) is 0 Å². The van der Waals surface area contributed by atoms with Gasteiger partial charge in [-0.2, -0.15) is 18.2 Å². The van der Waals surface area contributed by atoms with Crippen LogP contribution in [-0.4, -0.2) is 49.4 Å². The number of aryl methyl sites for hydroxylation is 1. The van der Waals surface area contributed by atoms with Crippen LogP contribution in [0.5, 0.6) is 0 Å². The number of hydrogen-bond donors (Lipinski definition) is 2. The molecule has 0 spiro atoms. The molecule has 250 valence electrons. The number of hydrogen-bond acceptors (Lipinski definition) is 7. The van der Waals surface area contributed by atoms with Crippen LogP contribution < -0.4 is 0 Å². The highest BCUT2D eigenvalue weighted by Gasteiger charge is 2.31. The van der Waals surface area contributed by atoms with E-state index in [0.717, 1.165) is 36.3 Å². The maximum atomic E-state index is 12.9. The van der Waals surface area contributed by atoms with Gasteiger partial charge in [0, 0.05) is 18.5 Å². The number of nitrogens with zero attached hydrogens (tertiary/aromatic N) is 3. The highest BCUT2D eigenvalue weighted by molar-refractivity contribution is 6.31. The predicted molar refractivity (Wildman–Crippen MR) is 162 cm³/mol. The molecule has 0 unspecified atom stereocenters. The molecule has 0 aliphatic carbocycles. The van der Waals surface area contributed by atoms with Crippen molar-refractivity contribution < 1.29 is 47.1 Å². The zero-order chi connectivity index (χ0) is 34.1. The second kappa shape index (κ2) is 19.1. The fourth-order valence-electron chi connectivity index (χ4n) is 4.65. The van der Waals surface area contributed by atoms with E-state index >= 15 is 0 Å². The number of rotatable bonds is 16. The summed E-state index contributed by atoms with van der Waals surface area (Å²) in [7, 11) is 0. The number of carbonyl (C=O) groups excluding carboxylic acids is 2. The smallest absolute Gasteiger partial charge is 0.416 e. The maximum Gasteiger partial charge on any atom is 0.416 e. The predicted octanol–water partition coefficient (Wildman–Crippen LogP) is 7.27. The molecular weight excluding hydrogens is 607 g/mol. The zero-order valence-corrected chi connectivity index (χ0v) is 26.0. The van der Waals surface area contributed by atoms with Crippen molar-refractivity contribution in [3.8, 4) is 11.5 Å². The molecule has 0 saturated carbocycles. The third-order valence-corrected chi connectivity index (χ3v) is 7.26. The minimum atomic E-state index is -4.49. The molecule has 1 aromatic heterocycles. The van der Waals surface area contributed by atoms with Crippen molar-refractivity contribution in [2.75, 3.05) is 0 Å². The average molecular weight is 648 g/mol. The molecule has 3 rings (SSSR count). The first-order valence-electron chi connectivity index (χ1n) is 15.2. The largest absolute Gasteiger partial charge is 0.476 e. The molecule has 0 aliphatic heterocycles. The molecule has 1 heterocycles. The topological polar surface area (TPSA) is 151 Å². The van der Waals surface area contributed by atoms with Crippen molar-refractivity contribution in [3.05, 3.63) is 71.0 Å². The fourth-order valence-corrected chi connectivity index (χ4v) is 4.65. The summed E-state index contributed by atoms with van der Waals surface area (Å²) in [5.41, 5.74) is 0.884. The third kappa shape index (κ3) is 12.8. The lowest BCUT2D eigenvalue weighted by molar-refractivity contribution is -0.157. The molecule has 1 atom stereocenters. The number of halogens is 3. The lowest BCUT2D eigenvalue weighted by Gasteiger charge is -2.28. The quantitative estimate of drug-likeness (QED) is 0.0929. The van der Waals surface area contributed by atoms with Gasteiger partial charge in [0.15, 0.2) is 5.82 Å². The van der Waals surface area contributed by atoms with Crippen LogP contribution in [0.15, 0.2) is 53.1 Å². The Morgan fingerprint density at radius 2 is 1.43 bits per heavy atom. The molecule has 10 nitrogen and oxygen atoms in total. The number of benzene rings is 2. The van der Waals surface area contributed by atoms with Gasteiger partial charge in [-0.25, -0.2) is 9.59 Å². The van der Waals surface area contributed by atoms with E-state index in [9.17, 15) is 27.9 Å². The lowest BCUT2D eigenvalue weighted by atomic mass is 10.0. The molecule has 46 heavy (non-hydrogen) atoms. The Bertz CT molecular complexity index is 1390.